The maximum absolute atomic E-state index is 12.1. The van der Waals surface area contributed by atoms with Crippen molar-refractivity contribution in [2.45, 2.75) is 32.7 Å². The summed E-state index contributed by atoms with van der Waals surface area (Å²) < 4.78 is 1.81. The van der Waals surface area contributed by atoms with Gasteiger partial charge in [-0.25, -0.2) is 4.68 Å². The lowest BCUT2D eigenvalue weighted by Gasteiger charge is -2.14. The van der Waals surface area contributed by atoms with Gasteiger partial charge in [0.05, 0.1) is 28.7 Å². The fourth-order valence-electron chi connectivity index (χ4n) is 1.96. The number of carbonyl (C=O) groups is 1. The number of hydrogen-bond acceptors (Lipinski definition) is 2. The highest BCUT2D eigenvalue weighted by molar-refractivity contribution is 6.42. The standard InChI is InChI=1S/C15H17Cl2N3O/c1-3-10(2)20-14(6-7-18-20)19-15(21)9-11-4-5-12(16)13(17)8-11/h4-8,10H,3,9H2,1-2H3,(H,19,21)/t10-/m0/s1. The summed E-state index contributed by atoms with van der Waals surface area (Å²) in [7, 11) is 0. The number of amides is 1. The second-order valence-electron chi connectivity index (χ2n) is 4.89. The van der Waals surface area contributed by atoms with Crippen molar-refractivity contribution in [2.75, 3.05) is 5.32 Å². The van der Waals surface area contributed by atoms with Crippen molar-refractivity contribution in [3.05, 3.63) is 46.1 Å². The average Bonchev–Trinajstić information content (AvgIpc) is 2.90. The lowest BCUT2D eigenvalue weighted by molar-refractivity contribution is -0.115. The van der Waals surface area contributed by atoms with Crippen LogP contribution in [0.2, 0.25) is 10.0 Å². The normalized spacial score (nSPS) is 12.2. The Balaban J connectivity index is 2.05. The molecule has 0 spiro atoms. The van der Waals surface area contributed by atoms with Crippen LogP contribution in [0.3, 0.4) is 0 Å². The largest absolute Gasteiger partial charge is 0.311 e. The van der Waals surface area contributed by atoms with E-state index in [-0.39, 0.29) is 18.4 Å². The molecule has 0 bridgehead atoms. The van der Waals surface area contributed by atoms with Gasteiger partial charge in [0.1, 0.15) is 5.82 Å². The first-order chi connectivity index (χ1) is 10.0. The van der Waals surface area contributed by atoms with Crippen LogP contribution in [0, 0.1) is 0 Å². The summed E-state index contributed by atoms with van der Waals surface area (Å²) >= 11 is 11.8. The van der Waals surface area contributed by atoms with E-state index < -0.39 is 0 Å². The number of benzene rings is 1. The zero-order chi connectivity index (χ0) is 15.4. The van der Waals surface area contributed by atoms with E-state index in [9.17, 15) is 4.79 Å². The van der Waals surface area contributed by atoms with Gasteiger partial charge in [0.15, 0.2) is 0 Å². The number of nitrogens with one attached hydrogen (secondary N) is 1. The highest BCUT2D eigenvalue weighted by atomic mass is 35.5. The molecule has 1 N–H and O–H groups in total. The van der Waals surface area contributed by atoms with Crippen LogP contribution < -0.4 is 5.32 Å². The Morgan fingerprint density at radius 2 is 2.10 bits per heavy atom. The summed E-state index contributed by atoms with van der Waals surface area (Å²) in [4.78, 5) is 12.1. The topological polar surface area (TPSA) is 46.9 Å². The molecule has 1 aromatic carbocycles. The van der Waals surface area contributed by atoms with Gasteiger partial charge in [0.2, 0.25) is 5.91 Å². The number of carbonyl (C=O) groups excluding carboxylic acids is 1. The molecule has 2 rings (SSSR count). The van der Waals surface area contributed by atoms with E-state index in [1.807, 2.05) is 4.68 Å². The molecule has 1 amide bonds. The monoisotopic (exact) mass is 325 g/mol. The van der Waals surface area contributed by atoms with Crippen molar-refractivity contribution in [3.8, 4) is 0 Å². The van der Waals surface area contributed by atoms with E-state index in [2.05, 4.69) is 24.3 Å². The summed E-state index contributed by atoms with van der Waals surface area (Å²) in [6, 6.07) is 7.21. The molecule has 0 aliphatic carbocycles. The SMILES string of the molecule is CC[C@H](C)n1nccc1NC(=O)Cc1ccc(Cl)c(Cl)c1. The molecule has 6 heteroatoms. The van der Waals surface area contributed by atoms with E-state index in [1.165, 1.54) is 0 Å². The molecule has 1 aromatic heterocycles. The Morgan fingerprint density at radius 3 is 2.76 bits per heavy atom. The summed E-state index contributed by atoms with van der Waals surface area (Å²) in [5, 5.41) is 8.04. The van der Waals surface area contributed by atoms with Gasteiger partial charge in [-0.15, -0.1) is 0 Å². The van der Waals surface area contributed by atoms with Crippen LogP contribution in [0.15, 0.2) is 30.5 Å². The second-order valence-corrected chi connectivity index (χ2v) is 5.71. The lowest BCUT2D eigenvalue weighted by Crippen LogP contribution is -2.19. The van der Waals surface area contributed by atoms with E-state index in [1.54, 1.807) is 30.5 Å². The molecule has 0 saturated heterocycles. The number of nitrogens with zero attached hydrogens (tertiary/aromatic N) is 2. The van der Waals surface area contributed by atoms with Crippen molar-refractivity contribution >= 4 is 34.9 Å². The van der Waals surface area contributed by atoms with E-state index in [0.717, 1.165) is 12.0 Å². The maximum Gasteiger partial charge on any atom is 0.229 e. The third kappa shape index (κ3) is 3.99. The van der Waals surface area contributed by atoms with Crippen LogP contribution in [-0.2, 0) is 11.2 Å². The molecule has 2 aromatic rings. The van der Waals surface area contributed by atoms with Gasteiger partial charge in [-0.05, 0) is 31.0 Å². The van der Waals surface area contributed by atoms with Crippen molar-refractivity contribution in [1.82, 2.24) is 9.78 Å². The quantitative estimate of drug-likeness (QED) is 0.888. The van der Waals surface area contributed by atoms with Crippen molar-refractivity contribution in [1.29, 1.82) is 0 Å². The Morgan fingerprint density at radius 1 is 1.33 bits per heavy atom. The predicted molar refractivity (Wildman–Crippen MR) is 86.0 cm³/mol. The third-order valence-electron chi connectivity index (χ3n) is 3.29. The molecule has 21 heavy (non-hydrogen) atoms. The minimum absolute atomic E-state index is 0.113. The fourth-order valence-corrected chi connectivity index (χ4v) is 2.28. The van der Waals surface area contributed by atoms with E-state index in [4.69, 9.17) is 23.2 Å². The van der Waals surface area contributed by atoms with Gasteiger partial charge in [-0.2, -0.15) is 5.10 Å². The summed E-state index contributed by atoms with van der Waals surface area (Å²) in [6.07, 6.45) is 2.86. The first-order valence-electron chi connectivity index (χ1n) is 6.78. The molecule has 1 heterocycles. The van der Waals surface area contributed by atoms with Crippen LogP contribution >= 0.6 is 23.2 Å². The summed E-state index contributed by atoms with van der Waals surface area (Å²) in [5.74, 6) is 0.591. The average molecular weight is 326 g/mol. The number of anilines is 1. The predicted octanol–water partition coefficient (Wildman–Crippen LogP) is 4.34. The maximum atomic E-state index is 12.1. The smallest absolute Gasteiger partial charge is 0.229 e. The summed E-state index contributed by atoms with van der Waals surface area (Å²) in [5.41, 5.74) is 0.816. The summed E-state index contributed by atoms with van der Waals surface area (Å²) in [6.45, 7) is 4.13. The molecular weight excluding hydrogens is 309 g/mol. The highest BCUT2D eigenvalue weighted by Gasteiger charge is 2.12. The van der Waals surface area contributed by atoms with E-state index in [0.29, 0.717) is 15.9 Å². The molecular formula is C15H17Cl2N3O. The highest BCUT2D eigenvalue weighted by Crippen LogP contribution is 2.23. The fraction of sp³-hybridized carbons (Fsp3) is 0.333. The molecule has 0 saturated carbocycles. The van der Waals surface area contributed by atoms with Gasteiger partial charge in [0, 0.05) is 6.07 Å². The zero-order valence-electron chi connectivity index (χ0n) is 11.9. The first-order valence-corrected chi connectivity index (χ1v) is 7.54. The molecule has 4 nitrogen and oxygen atoms in total. The van der Waals surface area contributed by atoms with Crippen molar-refractivity contribution in [2.24, 2.45) is 0 Å². The Kier molecular flexibility index (Phi) is 5.26. The van der Waals surface area contributed by atoms with Crippen molar-refractivity contribution < 1.29 is 4.79 Å². The molecule has 0 aliphatic rings. The minimum Gasteiger partial charge on any atom is -0.311 e. The van der Waals surface area contributed by atoms with Crippen LogP contribution in [0.5, 0.6) is 0 Å². The number of hydrogen-bond donors (Lipinski definition) is 1. The zero-order valence-corrected chi connectivity index (χ0v) is 13.4. The molecule has 1 atom stereocenters. The lowest BCUT2D eigenvalue weighted by atomic mass is 10.1. The van der Waals surface area contributed by atoms with Gasteiger partial charge in [0.25, 0.3) is 0 Å². The minimum atomic E-state index is -0.113. The van der Waals surface area contributed by atoms with Crippen LogP contribution in [-0.4, -0.2) is 15.7 Å². The van der Waals surface area contributed by atoms with Crippen LogP contribution in [0.1, 0.15) is 31.9 Å². The molecule has 0 aliphatic heterocycles. The van der Waals surface area contributed by atoms with Gasteiger partial charge < -0.3 is 5.32 Å². The van der Waals surface area contributed by atoms with Crippen LogP contribution in [0.4, 0.5) is 5.82 Å². The molecule has 112 valence electrons. The Labute approximate surface area is 134 Å². The van der Waals surface area contributed by atoms with Gasteiger partial charge >= 0.3 is 0 Å². The number of aromatic nitrogens is 2. The van der Waals surface area contributed by atoms with Gasteiger partial charge in [-0.1, -0.05) is 36.2 Å². The van der Waals surface area contributed by atoms with Crippen molar-refractivity contribution in [3.63, 3.8) is 0 Å². The Hall–Kier alpha value is -1.52. The first kappa shape index (κ1) is 15.9. The second kappa shape index (κ2) is 6.96. The van der Waals surface area contributed by atoms with Crippen LogP contribution in [0.25, 0.3) is 0 Å². The number of halogens is 2. The molecule has 0 fully saturated rings. The van der Waals surface area contributed by atoms with E-state index >= 15 is 0 Å². The Bertz CT molecular complexity index is 640. The van der Waals surface area contributed by atoms with Gasteiger partial charge in [-0.3, -0.25) is 4.79 Å². The number of rotatable bonds is 5. The molecule has 0 radical (unpaired) electrons. The third-order valence-corrected chi connectivity index (χ3v) is 4.03. The molecule has 0 unspecified atom stereocenters.